The number of halogens is 1. The van der Waals surface area contributed by atoms with E-state index in [0.717, 1.165) is 0 Å². The number of nitrogens with zero attached hydrogens (tertiary/aromatic N) is 1. The summed E-state index contributed by atoms with van der Waals surface area (Å²) >= 11 is 0. The van der Waals surface area contributed by atoms with E-state index in [0.29, 0.717) is 24.3 Å². The van der Waals surface area contributed by atoms with Crippen molar-refractivity contribution in [1.29, 1.82) is 0 Å². The second-order valence-electron chi connectivity index (χ2n) is 4.16. The minimum atomic E-state index is -0.363. The predicted molar refractivity (Wildman–Crippen MR) is 61.0 cm³/mol. The Balaban J connectivity index is 2.21. The van der Waals surface area contributed by atoms with Gasteiger partial charge in [0, 0.05) is 24.6 Å². The Morgan fingerprint density at radius 1 is 1.59 bits per heavy atom. The Hall–Kier alpha value is -1.62. The van der Waals surface area contributed by atoms with E-state index in [-0.39, 0.29) is 24.3 Å². The van der Waals surface area contributed by atoms with Crippen LogP contribution < -0.4 is 10.5 Å². The second-order valence-corrected chi connectivity index (χ2v) is 4.16. The van der Waals surface area contributed by atoms with Gasteiger partial charge in [0.05, 0.1) is 13.7 Å². The fourth-order valence-electron chi connectivity index (χ4n) is 2.03. The van der Waals surface area contributed by atoms with Gasteiger partial charge >= 0.3 is 0 Å². The van der Waals surface area contributed by atoms with Crippen molar-refractivity contribution in [1.82, 2.24) is 4.90 Å². The molecular formula is C12H15FN2O2. The molecule has 5 heteroatoms. The number of benzene rings is 1. The van der Waals surface area contributed by atoms with E-state index in [1.54, 1.807) is 17.0 Å². The van der Waals surface area contributed by atoms with Crippen molar-refractivity contribution in [3.05, 3.63) is 29.6 Å². The number of ether oxygens (including phenoxy) is 1. The predicted octanol–water partition coefficient (Wildman–Crippen LogP) is 0.894. The molecule has 17 heavy (non-hydrogen) atoms. The Labute approximate surface area is 99.2 Å². The number of methoxy groups -OCH3 is 1. The molecule has 0 aromatic heterocycles. The number of carbonyl (C=O) groups is 1. The van der Waals surface area contributed by atoms with E-state index >= 15 is 0 Å². The molecule has 1 fully saturated rings. The van der Waals surface area contributed by atoms with Gasteiger partial charge in [-0.3, -0.25) is 4.79 Å². The van der Waals surface area contributed by atoms with Crippen LogP contribution >= 0.6 is 0 Å². The summed E-state index contributed by atoms with van der Waals surface area (Å²) in [4.78, 5) is 13.1. The summed E-state index contributed by atoms with van der Waals surface area (Å²) in [6, 6.07) is 4.46. The van der Waals surface area contributed by atoms with Crippen LogP contribution in [0.4, 0.5) is 4.39 Å². The third kappa shape index (κ3) is 2.39. The minimum Gasteiger partial charge on any atom is -0.496 e. The van der Waals surface area contributed by atoms with Gasteiger partial charge in [0.15, 0.2) is 0 Å². The van der Waals surface area contributed by atoms with Crippen molar-refractivity contribution in [2.24, 2.45) is 5.73 Å². The molecular weight excluding hydrogens is 223 g/mol. The number of nitrogens with two attached hydrogens (primary N) is 1. The maximum atomic E-state index is 13.7. The zero-order valence-corrected chi connectivity index (χ0v) is 9.65. The number of likely N-dealkylation sites (tertiary alicyclic amines) is 1. The Morgan fingerprint density at radius 2 is 2.35 bits per heavy atom. The minimum absolute atomic E-state index is 0.0391. The lowest BCUT2D eigenvalue weighted by atomic mass is 10.1. The maximum absolute atomic E-state index is 13.7. The molecule has 1 aliphatic heterocycles. The third-order valence-electron chi connectivity index (χ3n) is 2.89. The topological polar surface area (TPSA) is 55.6 Å². The summed E-state index contributed by atoms with van der Waals surface area (Å²) in [5.41, 5.74) is 6.09. The van der Waals surface area contributed by atoms with E-state index in [4.69, 9.17) is 10.5 Å². The van der Waals surface area contributed by atoms with Gasteiger partial charge in [0.2, 0.25) is 5.91 Å². The SMILES string of the molecule is COc1cccc(F)c1CN1CC(N)CC1=O. The van der Waals surface area contributed by atoms with Crippen molar-refractivity contribution >= 4 is 5.91 Å². The molecule has 1 aromatic rings. The smallest absolute Gasteiger partial charge is 0.224 e. The van der Waals surface area contributed by atoms with Gasteiger partial charge in [-0.05, 0) is 12.1 Å². The number of carbonyl (C=O) groups excluding carboxylic acids is 1. The fraction of sp³-hybridized carbons (Fsp3) is 0.417. The molecule has 0 radical (unpaired) electrons. The Morgan fingerprint density at radius 3 is 2.94 bits per heavy atom. The van der Waals surface area contributed by atoms with E-state index in [1.165, 1.54) is 13.2 Å². The summed E-state index contributed by atoms with van der Waals surface area (Å²) in [6.07, 6.45) is 0.330. The summed E-state index contributed by atoms with van der Waals surface area (Å²) in [7, 11) is 1.48. The van der Waals surface area contributed by atoms with E-state index < -0.39 is 0 Å². The monoisotopic (exact) mass is 238 g/mol. The second kappa shape index (κ2) is 4.71. The zero-order valence-electron chi connectivity index (χ0n) is 9.65. The standard InChI is InChI=1S/C12H15FN2O2/c1-17-11-4-2-3-10(13)9(11)7-15-6-8(14)5-12(15)16/h2-4,8H,5-7,14H2,1H3. The van der Waals surface area contributed by atoms with Gasteiger partial charge < -0.3 is 15.4 Å². The molecule has 1 atom stereocenters. The van der Waals surface area contributed by atoms with Gasteiger partial charge in [-0.2, -0.15) is 0 Å². The van der Waals surface area contributed by atoms with Gasteiger partial charge in [-0.15, -0.1) is 0 Å². The average Bonchev–Trinajstić information content (AvgIpc) is 2.60. The van der Waals surface area contributed by atoms with Crippen molar-refractivity contribution in [3.63, 3.8) is 0 Å². The molecule has 1 amide bonds. The Bertz CT molecular complexity index is 437. The summed E-state index contributed by atoms with van der Waals surface area (Å²) in [6.45, 7) is 0.679. The molecule has 1 saturated heterocycles. The molecule has 1 aliphatic rings. The molecule has 0 spiro atoms. The van der Waals surface area contributed by atoms with E-state index in [1.807, 2.05) is 0 Å². The highest BCUT2D eigenvalue weighted by Crippen LogP contribution is 2.24. The number of rotatable bonds is 3. The highest BCUT2D eigenvalue weighted by atomic mass is 19.1. The van der Waals surface area contributed by atoms with Crippen LogP contribution in [0.5, 0.6) is 5.75 Å². The van der Waals surface area contributed by atoms with Gasteiger partial charge in [-0.25, -0.2) is 4.39 Å². The van der Waals surface area contributed by atoms with Gasteiger partial charge in [0.1, 0.15) is 11.6 Å². The van der Waals surface area contributed by atoms with Crippen LogP contribution in [-0.2, 0) is 11.3 Å². The number of amides is 1. The number of hydrogen-bond donors (Lipinski definition) is 1. The average molecular weight is 238 g/mol. The lowest BCUT2D eigenvalue weighted by Gasteiger charge is -2.18. The molecule has 2 rings (SSSR count). The summed E-state index contributed by atoms with van der Waals surface area (Å²) in [5, 5.41) is 0. The molecule has 1 aromatic carbocycles. The molecule has 4 nitrogen and oxygen atoms in total. The van der Waals surface area contributed by atoms with Crippen LogP contribution in [0.15, 0.2) is 18.2 Å². The molecule has 0 bridgehead atoms. The molecule has 0 saturated carbocycles. The molecule has 92 valence electrons. The maximum Gasteiger partial charge on any atom is 0.224 e. The molecule has 1 unspecified atom stereocenters. The van der Waals surface area contributed by atoms with Crippen LogP contribution in [-0.4, -0.2) is 30.5 Å². The first-order valence-corrected chi connectivity index (χ1v) is 5.46. The van der Waals surface area contributed by atoms with Crippen molar-refractivity contribution < 1.29 is 13.9 Å². The van der Waals surface area contributed by atoms with Crippen molar-refractivity contribution in [3.8, 4) is 5.75 Å². The van der Waals surface area contributed by atoms with Crippen LogP contribution in [0, 0.1) is 5.82 Å². The zero-order chi connectivity index (χ0) is 12.4. The number of hydrogen-bond acceptors (Lipinski definition) is 3. The molecule has 0 aliphatic carbocycles. The highest BCUT2D eigenvalue weighted by Gasteiger charge is 2.28. The quantitative estimate of drug-likeness (QED) is 0.851. The summed E-state index contributed by atoms with van der Waals surface area (Å²) in [5.74, 6) is 0.0544. The molecule has 1 heterocycles. The van der Waals surface area contributed by atoms with Crippen molar-refractivity contribution in [2.75, 3.05) is 13.7 Å². The molecule has 2 N–H and O–H groups in total. The Kier molecular flexibility index (Phi) is 3.28. The van der Waals surface area contributed by atoms with Crippen LogP contribution in [0.3, 0.4) is 0 Å². The van der Waals surface area contributed by atoms with Crippen molar-refractivity contribution in [2.45, 2.75) is 19.0 Å². The van der Waals surface area contributed by atoms with Gasteiger partial charge in [0.25, 0.3) is 0 Å². The van der Waals surface area contributed by atoms with Gasteiger partial charge in [-0.1, -0.05) is 6.07 Å². The fourth-order valence-corrected chi connectivity index (χ4v) is 2.03. The van der Waals surface area contributed by atoms with E-state index in [2.05, 4.69) is 0 Å². The first kappa shape index (κ1) is 11.9. The normalized spacial score (nSPS) is 19.8. The van der Waals surface area contributed by atoms with Crippen LogP contribution in [0.25, 0.3) is 0 Å². The highest BCUT2D eigenvalue weighted by molar-refractivity contribution is 5.79. The first-order valence-electron chi connectivity index (χ1n) is 5.46. The largest absolute Gasteiger partial charge is 0.496 e. The summed E-state index contributed by atoms with van der Waals surface area (Å²) < 4.78 is 18.8. The first-order chi connectivity index (χ1) is 8.11. The van der Waals surface area contributed by atoms with Crippen LogP contribution in [0.2, 0.25) is 0 Å². The van der Waals surface area contributed by atoms with E-state index in [9.17, 15) is 9.18 Å². The lowest BCUT2D eigenvalue weighted by Crippen LogP contribution is -2.28. The third-order valence-corrected chi connectivity index (χ3v) is 2.89. The van der Waals surface area contributed by atoms with Crippen LogP contribution in [0.1, 0.15) is 12.0 Å². The lowest BCUT2D eigenvalue weighted by molar-refractivity contribution is -0.128.